The molecule has 1 fully saturated rings. The van der Waals surface area contributed by atoms with E-state index in [1.54, 1.807) is 6.07 Å². The Morgan fingerprint density at radius 3 is 2.26 bits per heavy atom. The Labute approximate surface area is 179 Å². The van der Waals surface area contributed by atoms with E-state index < -0.39 is 23.4 Å². The highest BCUT2D eigenvalue weighted by Gasteiger charge is 2.45. The van der Waals surface area contributed by atoms with Crippen molar-refractivity contribution in [3.8, 4) is 0 Å². The van der Waals surface area contributed by atoms with Gasteiger partial charge < -0.3 is 9.64 Å². The first kappa shape index (κ1) is 21.2. The number of carbonyl (C=O) groups excluding carboxylic acids is 2. The van der Waals surface area contributed by atoms with Crippen LogP contribution in [0.5, 0.6) is 0 Å². The number of hydrogen-bond donors (Lipinski definition) is 0. The van der Waals surface area contributed by atoms with Crippen LogP contribution in [-0.4, -0.2) is 42.0 Å². The maximum absolute atomic E-state index is 14.6. The lowest BCUT2D eigenvalue weighted by atomic mass is 9.97. The number of amides is 2. The summed E-state index contributed by atoms with van der Waals surface area (Å²) in [7, 11) is 0. The number of morpholine rings is 1. The van der Waals surface area contributed by atoms with E-state index in [2.05, 4.69) is 0 Å². The quantitative estimate of drug-likeness (QED) is 0.697. The van der Waals surface area contributed by atoms with Crippen molar-refractivity contribution in [3.63, 3.8) is 0 Å². The van der Waals surface area contributed by atoms with Crippen molar-refractivity contribution in [2.45, 2.75) is 39.9 Å². The van der Waals surface area contributed by atoms with Crippen LogP contribution in [-0.2, 0) is 14.3 Å². The van der Waals surface area contributed by atoms with Crippen LogP contribution in [0, 0.1) is 25.5 Å². The van der Waals surface area contributed by atoms with Crippen LogP contribution in [0.25, 0.3) is 5.57 Å². The molecule has 0 aliphatic carbocycles. The number of halogens is 2. The van der Waals surface area contributed by atoms with Gasteiger partial charge in [-0.1, -0.05) is 23.8 Å². The van der Waals surface area contributed by atoms with E-state index in [1.165, 1.54) is 0 Å². The molecule has 0 bridgehead atoms. The van der Waals surface area contributed by atoms with Crippen LogP contribution in [0.1, 0.15) is 30.5 Å². The highest BCUT2D eigenvalue weighted by Crippen LogP contribution is 2.38. The Bertz CT molecular complexity index is 1100. The molecular formula is C24H24F2N2O3. The van der Waals surface area contributed by atoms with Crippen molar-refractivity contribution < 1.29 is 23.1 Å². The van der Waals surface area contributed by atoms with Crippen LogP contribution in [0.2, 0.25) is 0 Å². The van der Waals surface area contributed by atoms with E-state index in [1.807, 2.05) is 44.7 Å². The summed E-state index contributed by atoms with van der Waals surface area (Å²) in [6.07, 6.45) is -0.307. The molecule has 2 aromatic rings. The Balaban J connectivity index is 1.90. The second-order valence-corrected chi connectivity index (χ2v) is 8.25. The Kier molecular flexibility index (Phi) is 5.39. The zero-order valence-electron chi connectivity index (χ0n) is 17.9. The summed E-state index contributed by atoms with van der Waals surface area (Å²) in [5, 5.41) is 0. The smallest absolute Gasteiger partial charge is 0.282 e. The summed E-state index contributed by atoms with van der Waals surface area (Å²) >= 11 is 0. The van der Waals surface area contributed by atoms with Crippen molar-refractivity contribution in [1.29, 1.82) is 0 Å². The number of aryl methyl sites for hydroxylation is 2. The summed E-state index contributed by atoms with van der Waals surface area (Å²) in [5.41, 5.74) is 2.45. The Morgan fingerprint density at radius 1 is 0.935 bits per heavy atom. The summed E-state index contributed by atoms with van der Waals surface area (Å²) in [6.45, 7) is 8.41. The average Bonchev–Trinajstić information content (AvgIpc) is 2.93. The highest BCUT2D eigenvalue weighted by molar-refractivity contribution is 6.45. The molecule has 2 aliphatic rings. The van der Waals surface area contributed by atoms with Gasteiger partial charge in [0.15, 0.2) is 0 Å². The molecule has 0 N–H and O–H groups in total. The number of nitrogens with zero attached hydrogens (tertiary/aromatic N) is 2. The lowest BCUT2D eigenvalue weighted by molar-refractivity contribution is -0.121. The fourth-order valence-corrected chi connectivity index (χ4v) is 4.38. The zero-order chi connectivity index (χ0) is 22.4. The summed E-state index contributed by atoms with van der Waals surface area (Å²) in [4.78, 5) is 29.6. The van der Waals surface area contributed by atoms with Gasteiger partial charge in [-0.3, -0.25) is 9.59 Å². The van der Waals surface area contributed by atoms with Crippen LogP contribution >= 0.6 is 0 Å². The molecule has 7 heteroatoms. The number of rotatable bonds is 3. The Morgan fingerprint density at radius 2 is 1.61 bits per heavy atom. The lowest BCUT2D eigenvalue weighted by Gasteiger charge is -2.37. The van der Waals surface area contributed by atoms with Crippen molar-refractivity contribution in [3.05, 3.63) is 70.4 Å². The van der Waals surface area contributed by atoms with Gasteiger partial charge in [0, 0.05) is 19.2 Å². The van der Waals surface area contributed by atoms with Gasteiger partial charge >= 0.3 is 0 Å². The van der Waals surface area contributed by atoms with Gasteiger partial charge in [-0.15, -0.1) is 0 Å². The largest absolute Gasteiger partial charge is 0.372 e. The predicted molar refractivity (Wildman–Crippen MR) is 113 cm³/mol. The molecule has 2 aromatic carbocycles. The van der Waals surface area contributed by atoms with E-state index in [4.69, 9.17) is 4.74 Å². The third-order valence-corrected chi connectivity index (χ3v) is 5.60. The van der Waals surface area contributed by atoms with Crippen LogP contribution in [0.15, 0.2) is 42.1 Å². The van der Waals surface area contributed by atoms with Crippen LogP contribution < -0.4 is 4.90 Å². The van der Waals surface area contributed by atoms with Crippen LogP contribution in [0.4, 0.5) is 14.5 Å². The lowest BCUT2D eigenvalue weighted by Crippen LogP contribution is -2.47. The molecule has 31 heavy (non-hydrogen) atoms. The molecule has 2 unspecified atom stereocenters. The number of ether oxygens (including phenoxy) is 1. The van der Waals surface area contributed by atoms with Crippen molar-refractivity contribution in [2.75, 3.05) is 18.0 Å². The first-order chi connectivity index (χ1) is 14.7. The Hall–Kier alpha value is -3.06. The van der Waals surface area contributed by atoms with Gasteiger partial charge in [0.05, 0.1) is 23.5 Å². The minimum atomic E-state index is -0.840. The number of carbonyl (C=O) groups is 2. The number of imide groups is 1. The minimum absolute atomic E-state index is 0.153. The second-order valence-electron chi connectivity index (χ2n) is 8.25. The van der Waals surface area contributed by atoms with Gasteiger partial charge in [-0.25, -0.2) is 13.7 Å². The van der Waals surface area contributed by atoms with Crippen molar-refractivity contribution >= 4 is 23.1 Å². The molecular weight excluding hydrogens is 402 g/mol. The van der Waals surface area contributed by atoms with Crippen molar-refractivity contribution in [1.82, 2.24) is 4.90 Å². The summed E-state index contributed by atoms with van der Waals surface area (Å²) < 4.78 is 34.2. The molecule has 2 aliphatic heterocycles. The molecule has 0 spiro atoms. The van der Waals surface area contributed by atoms with E-state index >= 15 is 0 Å². The zero-order valence-corrected chi connectivity index (χ0v) is 17.9. The molecule has 0 saturated carbocycles. The molecule has 2 atom stereocenters. The van der Waals surface area contributed by atoms with Gasteiger partial charge in [0.1, 0.15) is 17.3 Å². The first-order valence-electron chi connectivity index (χ1n) is 10.2. The summed E-state index contributed by atoms with van der Waals surface area (Å²) in [6, 6.07) is 8.32. The van der Waals surface area contributed by atoms with E-state index in [0.717, 1.165) is 34.2 Å². The molecule has 1 saturated heterocycles. The number of hydrogen-bond acceptors (Lipinski definition) is 4. The fourth-order valence-electron chi connectivity index (χ4n) is 4.38. The van der Waals surface area contributed by atoms with Crippen molar-refractivity contribution in [2.24, 2.45) is 0 Å². The highest BCUT2D eigenvalue weighted by atomic mass is 19.1. The van der Waals surface area contributed by atoms with Gasteiger partial charge in [0.25, 0.3) is 11.8 Å². The normalized spacial score (nSPS) is 22.0. The van der Waals surface area contributed by atoms with Crippen LogP contribution in [0.3, 0.4) is 0 Å². The molecule has 2 amide bonds. The third kappa shape index (κ3) is 3.74. The van der Waals surface area contributed by atoms with E-state index in [9.17, 15) is 18.4 Å². The first-order valence-corrected chi connectivity index (χ1v) is 10.2. The van der Waals surface area contributed by atoms with Gasteiger partial charge in [-0.05, 0) is 51.0 Å². The monoisotopic (exact) mass is 426 g/mol. The number of benzene rings is 2. The molecule has 4 rings (SSSR count). The SMILES string of the molecule is Cc1ccc(C2=C(N3CC(C)OC(C)C3)C(=O)N(c3cc(F)ccc3F)C2=O)c(C)c1. The molecule has 0 radical (unpaired) electrons. The van der Waals surface area contributed by atoms with Gasteiger partial charge in [-0.2, -0.15) is 0 Å². The fraction of sp³-hybridized carbons (Fsp3) is 0.333. The predicted octanol–water partition coefficient (Wildman–Crippen LogP) is 3.98. The third-order valence-electron chi connectivity index (χ3n) is 5.60. The minimum Gasteiger partial charge on any atom is -0.372 e. The standard InChI is InChI=1S/C24H24F2N2O3/c1-13-5-7-18(14(2)9-13)21-22(27-11-15(3)31-16(4)12-27)24(30)28(23(21)29)20-10-17(25)6-8-19(20)26/h5-10,15-16H,11-12H2,1-4H3. The topological polar surface area (TPSA) is 49.9 Å². The molecule has 2 heterocycles. The second kappa shape index (κ2) is 7.89. The van der Waals surface area contributed by atoms with E-state index in [-0.39, 0.29) is 29.2 Å². The average molecular weight is 426 g/mol. The summed E-state index contributed by atoms with van der Waals surface area (Å²) in [5.74, 6) is -2.89. The molecule has 162 valence electrons. The maximum Gasteiger partial charge on any atom is 0.282 e. The molecule has 5 nitrogen and oxygen atoms in total. The van der Waals surface area contributed by atoms with Gasteiger partial charge in [0.2, 0.25) is 0 Å². The molecule has 0 aromatic heterocycles. The maximum atomic E-state index is 14.6. The van der Waals surface area contributed by atoms with E-state index in [0.29, 0.717) is 18.7 Å². The number of anilines is 1.